The Balaban J connectivity index is 1.27. The number of hydrogen-bond donors (Lipinski definition) is 2. The van der Waals surface area contributed by atoms with E-state index in [1.54, 1.807) is 6.33 Å². The molecular weight excluding hydrogens is 346 g/mol. The van der Waals surface area contributed by atoms with Crippen LogP contribution in [-0.4, -0.2) is 83.2 Å². The first-order valence-corrected chi connectivity index (χ1v) is 9.78. The maximum absolute atomic E-state index is 12.6. The SMILES string of the molecule is O=C(NCCCN1CCOCC1)C1CCCN(c2ncnc3nc[nH]c23)C1. The van der Waals surface area contributed by atoms with Gasteiger partial charge in [0.2, 0.25) is 5.91 Å². The topological polar surface area (TPSA) is 99.3 Å². The van der Waals surface area contributed by atoms with Gasteiger partial charge in [-0.2, -0.15) is 0 Å². The molecule has 2 fully saturated rings. The number of ether oxygens (including phenoxy) is 1. The molecule has 27 heavy (non-hydrogen) atoms. The number of rotatable bonds is 6. The molecule has 9 heteroatoms. The Labute approximate surface area is 158 Å². The third kappa shape index (κ3) is 4.36. The molecule has 0 bridgehead atoms. The van der Waals surface area contributed by atoms with Crippen LogP contribution < -0.4 is 10.2 Å². The zero-order valence-corrected chi connectivity index (χ0v) is 15.6. The quantitative estimate of drug-likeness (QED) is 0.708. The summed E-state index contributed by atoms with van der Waals surface area (Å²) < 4.78 is 5.36. The van der Waals surface area contributed by atoms with E-state index in [1.165, 1.54) is 6.33 Å². The molecule has 0 radical (unpaired) electrons. The van der Waals surface area contributed by atoms with Crippen LogP contribution in [-0.2, 0) is 9.53 Å². The van der Waals surface area contributed by atoms with Gasteiger partial charge in [-0.25, -0.2) is 15.0 Å². The monoisotopic (exact) mass is 373 g/mol. The number of amides is 1. The molecule has 2 aliphatic rings. The fourth-order valence-electron chi connectivity index (χ4n) is 3.86. The van der Waals surface area contributed by atoms with Gasteiger partial charge in [0.25, 0.3) is 0 Å². The predicted molar refractivity (Wildman–Crippen MR) is 102 cm³/mol. The molecule has 0 spiro atoms. The Morgan fingerprint density at radius 2 is 2.15 bits per heavy atom. The Morgan fingerprint density at radius 1 is 1.26 bits per heavy atom. The molecule has 4 heterocycles. The molecule has 0 aromatic carbocycles. The normalized spacial score (nSPS) is 21.5. The third-order valence-electron chi connectivity index (χ3n) is 5.35. The van der Waals surface area contributed by atoms with Crippen molar-refractivity contribution < 1.29 is 9.53 Å². The predicted octanol–water partition coefficient (Wildman–Crippen LogP) is 0.408. The molecule has 0 saturated carbocycles. The van der Waals surface area contributed by atoms with Crippen molar-refractivity contribution in [3.63, 3.8) is 0 Å². The lowest BCUT2D eigenvalue weighted by atomic mass is 9.97. The van der Waals surface area contributed by atoms with Gasteiger partial charge in [-0.15, -0.1) is 0 Å². The van der Waals surface area contributed by atoms with Crippen molar-refractivity contribution in [2.75, 3.05) is 57.4 Å². The number of fused-ring (bicyclic) bond motifs is 1. The van der Waals surface area contributed by atoms with E-state index in [4.69, 9.17) is 4.74 Å². The summed E-state index contributed by atoms with van der Waals surface area (Å²) in [6.45, 7) is 6.93. The van der Waals surface area contributed by atoms with Crippen molar-refractivity contribution in [3.05, 3.63) is 12.7 Å². The van der Waals surface area contributed by atoms with Gasteiger partial charge >= 0.3 is 0 Å². The smallest absolute Gasteiger partial charge is 0.224 e. The molecule has 4 rings (SSSR count). The van der Waals surface area contributed by atoms with E-state index in [1.807, 2.05) is 0 Å². The molecule has 2 N–H and O–H groups in total. The van der Waals surface area contributed by atoms with Crippen LogP contribution in [0, 0.1) is 5.92 Å². The number of aromatic nitrogens is 4. The number of nitrogens with zero attached hydrogens (tertiary/aromatic N) is 5. The average Bonchev–Trinajstić information content (AvgIpc) is 3.21. The van der Waals surface area contributed by atoms with Crippen molar-refractivity contribution in [1.82, 2.24) is 30.2 Å². The van der Waals surface area contributed by atoms with Gasteiger partial charge in [-0.3, -0.25) is 9.69 Å². The number of carbonyl (C=O) groups excluding carboxylic acids is 1. The number of piperidine rings is 1. The number of nitrogens with one attached hydrogen (secondary N) is 2. The molecule has 2 aromatic heterocycles. The number of carbonyl (C=O) groups is 1. The van der Waals surface area contributed by atoms with Crippen molar-refractivity contribution in [1.29, 1.82) is 0 Å². The van der Waals surface area contributed by atoms with Gasteiger partial charge in [0.1, 0.15) is 11.8 Å². The summed E-state index contributed by atoms with van der Waals surface area (Å²) in [5.41, 5.74) is 1.50. The summed E-state index contributed by atoms with van der Waals surface area (Å²) in [5.74, 6) is 0.981. The Morgan fingerprint density at radius 3 is 3.04 bits per heavy atom. The maximum atomic E-state index is 12.6. The largest absolute Gasteiger partial charge is 0.379 e. The standard InChI is InChI=1S/C18H27N7O2/c26-18(19-4-2-5-24-7-9-27-10-8-24)14-3-1-6-25(11-14)17-15-16(21-12-20-15)22-13-23-17/h12-14H,1-11H2,(H,19,26)(H,20,21,22,23). The van der Waals surface area contributed by atoms with Gasteiger partial charge in [0, 0.05) is 32.7 Å². The second-order valence-corrected chi connectivity index (χ2v) is 7.18. The molecule has 2 saturated heterocycles. The average molecular weight is 373 g/mol. The van der Waals surface area contributed by atoms with Gasteiger partial charge in [0.05, 0.1) is 25.5 Å². The van der Waals surface area contributed by atoms with Crippen LogP contribution in [0.4, 0.5) is 5.82 Å². The van der Waals surface area contributed by atoms with Crippen LogP contribution >= 0.6 is 0 Å². The lowest BCUT2D eigenvalue weighted by Crippen LogP contribution is -2.44. The second kappa shape index (κ2) is 8.62. The summed E-state index contributed by atoms with van der Waals surface area (Å²) in [6.07, 6.45) is 6.04. The van der Waals surface area contributed by atoms with Crippen LogP contribution in [0.5, 0.6) is 0 Å². The number of anilines is 1. The number of aromatic amines is 1. The van der Waals surface area contributed by atoms with E-state index in [9.17, 15) is 4.79 Å². The van der Waals surface area contributed by atoms with Crippen molar-refractivity contribution >= 4 is 22.9 Å². The fourth-order valence-corrected chi connectivity index (χ4v) is 3.86. The zero-order chi connectivity index (χ0) is 18.5. The van der Waals surface area contributed by atoms with Crippen LogP contribution in [0.3, 0.4) is 0 Å². The number of hydrogen-bond acceptors (Lipinski definition) is 7. The van der Waals surface area contributed by atoms with Crippen LogP contribution in [0.15, 0.2) is 12.7 Å². The fraction of sp³-hybridized carbons (Fsp3) is 0.667. The molecule has 1 atom stereocenters. The molecule has 9 nitrogen and oxygen atoms in total. The van der Waals surface area contributed by atoms with Crippen LogP contribution in [0.25, 0.3) is 11.2 Å². The van der Waals surface area contributed by atoms with Crippen LogP contribution in [0.2, 0.25) is 0 Å². The Bertz CT molecular complexity index is 759. The van der Waals surface area contributed by atoms with Gasteiger partial charge in [-0.1, -0.05) is 0 Å². The third-order valence-corrected chi connectivity index (χ3v) is 5.35. The lowest BCUT2D eigenvalue weighted by Gasteiger charge is -2.33. The molecule has 2 aliphatic heterocycles. The minimum absolute atomic E-state index is 0.00456. The number of morpholine rings is 1. The van der Waals surface area contributed by atoms with Gasteiger partial charge < -0.3 is 19.9 Å². The van der Waals surface area contributed by atoms with E-state index in [2.05, 4.69) is 35.1 Å². The molecule has 1 amide bonds. The van der Waals surface area contributed by atoms with E-state index in [0.717, 1.165) is 76.5 Å². The van der Waals surface area contributed by atoms with E-state index in [0.29, 0.717) is 12.2 Å². The van der Waals surface area contributed by atoms with E-state index >= 15 is 0 Å². The highest BCUT2D eigenvalue weighted by molar-refractivity contribution is 5.84. The van der Waals surface area contributed by atoms with Crippen molar-refractivity contribution in [2.45, 2.75) is 19.3 Å². The molecule has 0 aliphatic carbocycles. The zero-order valence-electron chi connectivity index (χ0n) is 15.6. The Hall–Kier alpha value is -2.26. The molecule has 1 unspecified atom stereocenters. The summed E-state index contributed by atoms with van der Waals surface area (Å²) in [5, 5.41) is 3.12. The minimum Gasteiger partial charge on any atom is -0.379 e. The van der Waals surface area contributed by atoms with Crippen molar-refractivity contribution in [2.24, 2.45) is 5.92 Å². The Kier molecular flexibility index (Phi) is 5.78. The van der Waals surface area contributed by atoms with E-state index in [-0.39, 0.29) is 11.8 Å². The first-order chi connectivity index (χ1) is 13.3. The van der Waals surface area contributed by atoms with Gasteiger partial charge in [0.15, 0.2) is 11.5 Å². The number of H-pyrrole nitrogens is 1. The summed E-state index contributed by atoms with van der Waals surface area (Å²) in [6, 6.07) is 0. The summed E-state index contributed by atoms with van der Waals surface area (Å²) in [7, 11) is 0. The van der Waals surface area contributed by atoms with Crippen molar-refractivity contribution in [3.8, 4) is 0 Å². The highest BCUT2D eigenvalue weighted by Gasteiger charge is 2.27. The van der Waals surface area contributed by atoms with E-state index < -0.39 is 0 Å². The minimum atomic E-state index is -0.00456. The second-order valence-electron chi connectivity index (χ2n) is 7.18. The van der Waals surface area contributed by atoms with Crippen LogP contribution in [0.1, 0.15) is 19.3 Å². The highest BCUT2D eigenvalue weighted by atomic mass is 16.5. The summed E-state index contributed by atoms with van der Waals surface area (Å²) >= 11 is 0. The highest BCUT2D eigenvalue weighted by Crippen LogP contribution is 2.25. The lowest BCUT2D eigenvalue weighted by molar-refractivity contribution is -0.125. The molecule has 146 valence electrons. The summed E-state index contributed by atoms with van der Waals surface area (Å²) in [4.78, 5) is 33.1. The maximum Gasteiger partial charge on any atom is 0.224 e. The molecular formula is C18H27N7O2. The first-order valence-electron chi connectivity index (χ1n) is 9.78. The first kappa shape index (κ1) is 18.1. The molecule has 2 aromatic rings. The number of imidazole rings is 1. The van der Waals surface area contributed by atoms with Gasteiger partial charge in [-0.05, 0) is 25.8 Å².